The van der Waals surface area contributed by atoms with Gasteiger partial charge in [0, 0.05) is 64.9 Å². The number of amides is 1. The summed E-state index contributed by atoms with van der Waals surface area (Å²) in [5.41, 5.74) is 12.4. The molecular weight excluding hydrogens is 971 g/mol. The van der Waals surface area contributed by atoms with E-state index >= 15 is 0 Å². The highest BCUT2D eigenvalue weighted by atomic mass is 31.3. The number of carbonyl (C=O) groups excluding carboxylic acids is 1. The zero-order valence-corrected chi connectivity index (χ0v) is 40.5. The molecule has 2 unspecified atom stereocenters. The van der Waals surface area contributed by atoms with E-state index in [1.807, 2.05) is 0 Å². The number of nitrogens with zero attached hydrogens (tertiary/aromatic N) is 5. The van der Waals surface area contributed by atoms with E-state index in [9.17, 15) is 38.2 Å². The number of phosphoric ester groups is 1. The van der Waals surface area contributed by atoms with Crippen LogP contribution in [0.5, 0.6) is 11.5 Å². The van der Waals surface area contributed by atoms with Crippen LogP contribution in [-0.4, -0.2) is 96.5 Å². The molecule has 1 amide bonds. The van der Waals surface area contributed by atoms with Gasteiger partial charge in [0.15, 0.2) is 0 Å². The molecular formula is C45H49N7O15P3+. The molecule has 5 aromatic rings. The van der Waals surface area contributed by atoms with Crippen LogP contribution in [0.4, 0.5) is 11.5 Å². The van der Waals surface area contributed by atoms with Gasteiger partial charge in [-0.25, -0.2) is 33.0 Å². The Hall–Kier alpha value is -5.78. The quantitative estimate of drug-likeness (QED) is 0.0459. The Labute approximate surface area is 399 Å². The number of nitrogens with two attached hydrogens (primary N) is 1. The fraction of sp³-hybridized carbons (Fsp3) is 0.356. The van der Waals surface area contributed by atoms with Crippen LogP contribution in [0.3, 0.4) is 0 Å². The highest BCUT2D eigenvalue weighted by Crippen LogP contribution is 2.66. The van der Waals surface area contributed by atoms with Crippen molar-refractivity contribution in [3.63, 3.8) is 0 Å². The molecule has 8 N–H and O–H groups in total. The minimum absolute atomic E-state index is 0.0537. The number of benzene rings is 3. The normalized spacial score (nSPS) is 19.1. The predicted octanol–water partition coefficient (Wildman–Crippen LogP) is 4.10. The average molecular weight is 1020 g/mol. The number of hydrogen-bond acceptors (Lipinski definition) is 14. The van der Waals surface area contributed by atoms with E-state index in [0.717, 1.165) is 90.4 Å². The number of aromatic carboxylic acids is 1. The molecule has 4 atom stereocenters. The second-order valence-corrected chi connectivity index (χ2v) is 21.4. The van der Waals surface area contributed by atoms with Gasteiger partial charge in [0.1, 0.15) is 48.6 Å². The van der Waals surface area contributed by atoms with Crippen LogP contribution in [-0.2, 0) is 44.4 Å². The molecule has 6 heterocycles. The van der Waals surface area contributed by atoms with Crippen LogP contribution in [0, 0.1) is 11.8 Å². The number of aromatic nitrogens is 3. The van der Waals surface area contributed by atoms with Crippen molar-refractivity contribution in [2.75, 3.05) is 50.0 Å². The van der Waals surface area contributed by atoms with Crippen molar-refractivity contribution in [2.24, 2.45) is 0 Å². The van der Waals surface area contributed by atoms with Gasteiger partial charge in [0.25, 0.3) is 5.91 Å². The third-order valence-electron chi connectivity index (χ3n) is 12.5. The molecule has 0 spiro atoms. The summed E-state index contributed by atoms with van der Waals surface area (Å²) < 4.78 is 63.9. The molecule has 70 heavy (non-hydrogen) atoms. The number of carboxylic acids is 1. The van der Waals surface area contributed by atoms with Gasteiger partial charge >= 0.3 is 29.4 Å². The number of fused-ring (bicyclic) bond motifs is 5. The fourth-order valence-corrected chi connectivity index (χ4v) is 12.6. The Morgan fingerprint density at radius 2 is 1.76 bits per heavy atom. The molecule has 4 aliphatic rings. The lowest BCUT2D eigenvalue weighted by Gasteiger charge is -2.32. The molecule has 0 bridgehead atoms. The van der Waals surface area contributed by atoms with E-state index < -0.39 is 54.3 Å². The first-order chi connectivity index (χ1) is 33.3. The molecule has 25 heteroatoms. The van der Waals surface area contributed by atoms with Crippen molar-refractivity contribution in [2.45, 2.75) is 64.7 Å². The summed E-state index contributed by atoms with van der Waals surface area (Å²) >= 11 is 0. The van der Waals surface area contributed by atoms with Crippen LogP contribution in [0.25, 0.3) is 16.6 Å². The average Bonchev–Trinajstić information content (AvgIpc) is 3.94. The van der Waals surface area contributed by atoms with E-state index in [1.54, 1.807) is 22.9 Å². The zero-order valence-electron chi connectivity index (χ0n) is 37.8. The number of nitrogen functional groups attached to an aromatic ring is 1. The lowest BCUT2D eigenvalue weighted by atomic mass is 9.86. The maximum absolute atomic E-state index is 13.7. The number of carboxylic acid groups (broad SMARTS) is 1. The SMILES string of the molecule is CCN1CCCc2cc3c(cc21)Oc1cc2c(cc1=C3c1ccc(C(=O)NCC#Cc3cn([C@H]4CC[C@@H](COP(=O)(O)OP(=O)(O)OP(=O)(O)O)O4)c4ncnc(N)c34)cc1C(=O)O)CCC[N+]=2CC. The molecule has 2 aromatic heterocycles. The fourth-order valence-electron chi connectivity index (χ4n) is 9.51. The summed E-state index contributed by atoms with van der Waals surface area (Å²) in [4.78, 5) is 74.5. The van der Waals surface area contributed by atoms with Crippen LogP contribution in [0.2, 0.25) is 0 Å². The number of nitrogens with one attached hydrogen (secondary N) is 1. The number of phosphoric acid groups is 3. The first kappa shape index (κ1) is 49.2. The molecule has 0 saturated carbocycles. The van der Waals surface area contributed by atoms with Crippen molar-refractivity contribution in [3.05, 3.63) is 105 Å². The number of carbonyl (C=O) groups is 2. The topological polar surface area (TPSA) is 308 Å². The van der Waals surface area contributed by atoms with Gasteiger partial charge in [-0.1, -0.05) is 17.9 Å². The molecule has 22 nitrogen and oxygen atoms in total. The van der Waals surface area contributed by atoms with Crippen molar-refractivity contribution < 1.29 is 70.6 Å². The number of aryl methyl sites for hydroxylation is 2. The van der Waals surface area contributed by atoms with E-state index in [0.29, 0.717) is 40.1 Å². The lowest BCUT2D eigenvalue weighted by molar-refractivity contribution is -0.0202. The predicted molar refractivity (Wildman–Crippen MR) is 253 cm³/mol. The largest absolute Gasteiger partial charge is 0.490 e. The smallest absolute Gasteiger partial charge is 0.478 e. The third-order valence-corrected chi connectivity index (χ3v) is 16.3. The van der Waals surface area contributed by atoms with Gasteiger partial charge in [-0.05, 0) is 81.3 Å². The molecule has 9 rings (SSSR count). The Morgan fingerprint density at radius 3 is 2.51 bits per heavy atom. The molecule has 0 radical (unpaired) electrons. The van der Waals surface area contributed by atoms with Crippen molar-refractivity contribution in [3.8, 4) is 23.3 Å². The van der Waals surface area contributed by atoms with E-state index in [-0.39, 0.29) is 29.9 Å². The van der Waals surface area contributed by atoms with Gasteiger partial charge in [0.2, 0.25) is 5.36 Å². The van der Waals surface area contributed by atoms with Gasteiger partial charge in [0.05, 0.1) is 41.8 Å². The minimum atomic E-state index is -5.70. The molecule has 1 saturated heterocycles. The summed E-state index contributed by atoms with van der Waals surface area (Å²) in [7, 11) is -16.6. The Bertz CT molecular complexity index is 3330. The number of ether oxygens (including phenoxy) is 2. The van der Waals surface area contributed by atoms with Crippen molar-refractivity contribution >= 4 is 63.5 Å². The van der Waals surface area contributed by atoms with Gasteiger partial charge in [-0.3, -0.25) is 9.32 Å². The second kappa shape index (κ2) is 19.4. The maximum Gasteiger partial charge on any atom is 0.490 e. The summed E-state index contributed by atoms with van der Waals surface area (Å²) in [5, 5.41) is 15.8. The Morgan fingerprint density at radius 1 is 0.957 bits per heavy atom. The van der Waals surface area contributed by atoms with E-state index in [2.05, 4.69) is 83.3 Å². The second-order valence-electron chi connectivity index (χ2n) is 16.9. The lowest BCUT2D eigenvalue weighted by Crippen LogP contribution is -2.39. The standard InChI is InChI=1S/C45H48N7O15P3/c1-3-50-16-6-9-26-18-33-37(21-35(26)50)65-38-22-36-27(10-7-17-51(36)4-2)19-34(38)41(33)31-13-11-28(20-32(31)45(54)55)44(53)47-15-5-8-29-23-52(43-40(29)42(46)48-25-49-43)39-14-12-30(64-39)24-63-69(59,60)67-70(61,62)66-68(56,57)58/h11,13,18-23,25,30,39H,3-4,6-7,9-10,12,14-17,24H2,1-2H3,(H7-,46,47,48,49,53,54,55,56,57,58,59,60,61,62)/p+1/t30-,39+/m0/s1. The van der Waals surface area contributed by atoms with Gasteiger partial charge in [-0.15, -0.1) is 0 Å². The van der Waals surface area contributed by atoms with Crippen molar-refractivity contribution in [1.29, 1.82) is 0 Å². The van der Waals surface area contributed by atoms with Gasteiger partial charge in [-0.2, -0.15) is 8.62 Å². The Balaban J connectivity index is 0.954. The van der Waals surface area contributed by atoms with Crippen molar-refractivity contribution in [1.82, 2.24) is 24.4 Å². The number of anilines is 2. The van der Waals surface area contributed by atoms with Crippen LogP contribution < -0.4 is 35.8 Å². The molecule has 0 aliphatic carbocycles. The van der Waals surface area contributed by atoms with Crippen LogP contribution >= 0.6 is 23.5 Å². The summed E-state index contributed by atoms with van der Waals surface area (Å²) in [5.74, 6) is 5.50. The molecule has 3 aromatic carbocycles. The maximum atomic E-state index is 13.7. The first-order valence-electron chi connectivity index (χ1n) is 22.4. The highest BCUT2D eigenvalue weighted by Gasteiger charge is 2.42. The van der Waals surface area contributed by atoms with Gasteiger partial charge < -0.3 is 54.7 Å². The first-order valence-corrected chi connectivity index (χ1v) is 26.9. The van der Waals surface area contributed by atoms with Crippen LogP contribution in [0.1, 0.15) is 94.3 Å². The molecule has 368 valence electrons. The Kier molecular flexibility index (Phi) is 13.7. The summed E-state index contributed by atoms with van der Waals surface area (Å²) in [6, 6.07) is 13.1. The molecule has 1 fully saturated rings. The third kappa shape index (κ3) is 10.2. The monoisotopic (exact) mass is 1020 g/mol. The summed E-state index contributed by atoms with van der Waals surface area (Å²) in [6.07, 6.45) is 5.56. The van der Waals surface area contributed by atoms with E-state index in [1.165, 1.54) is 12.4 Å². The highest BCUT2D eigenvalue weighted by molar-refractivity contribution is 7.66. The van der Waals surface area contributed by atoms with Crippen LogP contribution in [0.15, 0.2) is 55.0 Å². The number of rotatable bonds is 14. The number of hydrogen-bond donors (Lipinski definition) is 7. The molecule has 4 aliphatic heterocycles. The minimum Gasteiger partial charge on any atom is -0.478 e. The summed E-state index contributed by atoms with van der Waals surface area (Å²) in [6.45, 7) is 7.01. The zero-order chi connectivity index (χ0) is 49.7. The van der Waals surface area contributed by atoms with E-state index in [4.69, 9.17) is 29.5 Å².